The molecule has 72 valence electrons. The highest BCUT2D eigenvalue weighted by Crippen LogP contribution is 2.19. The van der Waals surface area contributed by atoms with Crippen molar-refractivity contribution in [2.75, 3.05) is 6.54 Å². The van der Waals surface area contributed by atoms with Crippen molar-refractivity contribution < 1.29 is 13.0 Å². The molecule has 0 aliphatic heterocycles. The highest BCUT2D eigenvalue weighted by molar-refractivity contribution is 7.86. The fraction of sp³-hybridized carbons (Fsp3) is 0.250. The highest BCUT2D eigenvalue weighted by atomic mass is 32.2. The minimum Gasteiger partial charge on any atom is -0.329 e. The maximum Gasteiger partial charge on any atom is 0.273 e. The van der Waals surface area contributed by atoms with Gasteiger partial charge in [0.2, 0.25) is 0 Å². The SMILES string of the molecule is NCC(c1ccccc1)S(=O)(=O)O. The summed E-state index contributed by atoms with van der Waals surface area (Å²) in [6.45, 7) is -0.122. The summed E-state index contributed by atoms with van der Waals surface area (Å²) in [5, 5.41) is -1.02. The van der Waals surface area contributed by atoms with Gasteiger partial charge in [-0.2, -0.15) is 8.42 Å². The summed E-state index contributed by atoms with van der Waals surface area (Å²) in [7, 11) is -4.09. The Morgan fingerprint density at radius 3 is 2.23 bits per heavy atom. The Kier molecular flexibility index (Phi) is 3.02. The first-order valence-corrected chi connectivity index (χ1v) is 5.27. The van der Waals surface area contributed by atoms with Gasteiger partial charge in [0.15, 0.2) is 0 Å². The van der Waals surface area contributed by atoms with Gasteiger partial charge in [-0.15, -0.1) is 0 Å². The van der Waals surface area contributed by atoms with Crippen molar-refractivity contribution >= 4 is 10.1 Å². The Hall–Kier alpha value is -0.910. The first-order valence-electron chi connectivity index (χ1n) is 3.77. The third-order valence-electron chi connectivity index (χ3n) is 1.74. The Morgan fingerprint density at radius 1 is 1.31 bits per heavy atom. The van der Waals surface area contributed by atoms with Crippen LogP contribution in [-0.2, 0) is 10.1 Å². The second-order valence-corrected chi connectivity index (χ2v) is 4.25. The standard InChI is InChI=1S/C8H11NO3S/c9-6-8(13(10,11)12)7-4-2-1-3-5-7/h1-5,8H,6,9H2,(H,10,11,12). The van der Waals surface area contributed by atoms with Crippen LogP contribution in [0.2, 0.25) is 0 Å². The van der Waals surface area contributed by atoms with Gasteiger partial charge in [-0.25, -0.2) is 0 Å². The normalized spacial score (nSPS) is 14.0. The predicted octanol–water partition coefficient (Wildman–Crippen LogP) is 0.574. The van der Waals surface area contributed by atoms with E-state index in [0.29, 0.717) is 5.56 Å². The van der Waals surface area contributed by atoms with E-state index >= 15 is 0 Å². The maximum absolute atomic E-state index is 10.8. The summed E-state index contributed by atoms with van der Waals surface area (Å²) in [4.78, 5) is 0. The van der Waals surface area contributed by atoms with Gasteiger partial charge in [-0.05, 0) is 5.56 Å². The van der Waals surface area contributed by atoms with Gasteiger partial charge in [-0.3, -0.25) is 4.55 Å². The number of nitrogens with two attached hydrogens (primary N) is 1. The summed E-state index contributed by atoms with van der Waals surface area (Å²) in [6, 6.07) is 8.39. The van der Waals surface area contributed by atoms with Crippen LogP contribution in [0.25, 0.3) is 0 Å². The van der Waals surface area contributed by atoms with Crippen LogP contribution in [0, 0.1) is 0 Å². The number of hydrogen-bond acceptors (Lipinski definition) is 3. The van der Waals surface area contributed by atoms with Crippen molar-refractivity contribution in [2.45, 2.75) is 5.25 Å². The lowest BCUT2D eigenvalue weighted by molar-refractivity contribution is 0.469. The molecule has 0 amide bonds. The molecule has 5 heteroatoms. The summed E-state index contributed by atoms with van der Waals surface area (Å²) < 4.78 is 30.5. The van der Waals surface area contributed by atoms with Crippen LogP contribution in [0.4, 0.5) is 0 Å². The van der Waals surface area contributed by atoms with Crippen LogP contribution >= 0.6 is 0 Å². The monoisotopic (exact) mass is 201 g/mol. The van der Waals surface area contributed by atoms with Gasteiger partial charge in [-0.1, -0.05) is 30.3 Å². The molecule has 0 fully saturated rings. The van der Waals surface area contributed by atoms with E-state index in [0.717, 1.165) is 0 Å². The molecule has 0 radical (unpaired) electrons. The molecule has 4 nitrogen and oxygen atoms in total. The van der Waals surface area contributed by atoms with E-state index in [-0.39, 0.29) is 6.54 Å². The van der Waals surface area contributed by atoms with Crippen molar-refractivity contribution in [3.05, 3.63) is 35.9 Å². The number of hydrogen-bond donors (Lipinski definition) is 2. The Morgan fingerprint density at radius 2 is 1.85 bits per heavy atom. The zero-order valence-electron chi connectivity index (χ0n) is 6.92. The molecule has 0 aliphatic rings. The molecule has 1 unspecified atom stereocenters. The molecule has 1 atom stereocenters. The van der Waals surface area contributed by atoms with Gasteiger partial charge >= 0.3 is 0 Å². The third-order valence-corrected chi connectivity index (χ3v) is 2.93. The quantitative estimate of drug-likeness (QED) is 0.701. The van der Waals surface area contributed by atoms with Crippen molar-refractivity contribution in [3.8, 4) is 0 Å². The summed E-state index contributed by atoms with van der Waals surface area (Å²) >= 11 is 0. The maximum atomic E-state index is 10.8. The molecule has 3 N–H and O–H groups in total. The van der Waals surface area contributed by atoms with E-state index in [4.69, 9.17) is 10.3 Å². The molecule has 0 saturated carbocycles. The van der Waals surface area contributed by atoms with Crippen LogP contribution in [0.15, 0.2) is 30.3 Å². The van der Waals surface area contributed by atoms with Gasteiger partial charge in [0.1, 0.15) is 5.25 Å². The number of rotatable bonds is 3. The molecule has 0 bridgehead atoms. The highest BCUT2D eigenvalue weighted by Gasteiger charge is 2.22. The smallest absolute Gasteiger partial charge is 0.273 e. The van der Waals surface area contributed by atoms with Gasteiger partial charge < -0.3 is 5.73 Å². The van der Waals surface area contributed by atoms with E-state index in [9.17, 15) is 8.42 Å². The van der Waals surface area contributed by atoms with Gasteiger partial charge in [0, 0.05) is 6.54 Å². The molecule has 1 rings (SSSR count). The average Bonchev–Trinajstić information content (AvgIpc) is 2.05. The molecule has 13 heavy (non-hydrogen) atoms. The van der Waals surface area contributed by atoms with Crippen molar-refractivity contribution in [3.63, 3.8) is 0 Å². The lowest BCUT2D eigenvalue weighted by Crippen LogP contribution is -2.21. The zero-order chi connectivity index (χ0) is 9.90. The van der Waals surface area contributed by atoms with Gasteiger partial charge in [0.25, 0.3) is 10.1 Å². The number of benzene rings is 1. The minimum absolute atomic E-state index is 0.122. The molecule has 0 aromatic heterocycles. The van der Waals surface area contributed by atoms with Crippen LogP contribution in [0.5, 0.6) is 0 Å². The lowest BCUT2D eigenvalue weighted by Gasteiger charge is -2.10. The second kappa shape index (κ2) is 3.87. The topological polar surface area (TPSA) is 80.4 Å². The average molecular weight is 201 g/mol. The minimum atomic E-state index is -4.09. The summed E-state index contributed by atoms with van der Waals surface area (Å²) in [5.41, 5.74) is 5.76. The molecule has 1 aromatic carbocycles. The van der Waals surface area contributed by atoms with Gasteiger partial charge in [0.05, 0.1) is 0 Å². The predicted molar refractivity (Wildman–Crippen MR) is 49.8 cm³/mol. The fourth-order valence-electron chi connectivity index (χ4n) is 1.10. The van der Waals surface area contributed by atoms with E-state index in [2.05, 4.69) is 0 Å². The fourth-order valence-corrected chi connectivity index (χ4v) is 1.84. The van der Waals surface area contributed by atoms with E-state index < -0.39 is 15.4 Å². The second-order valence-electron chi connectivity index (χ2n) is 2.65. The molecule has 0 heterocycles. The van der Waals surface area contributed by atoms with Crippen LogP contribution in [0.1, 0.15) is 10.8 Å². The largest absolute Gasteiger partial charge is 0.329 e. The van der Waals surface area contributed by atoms with Crippen LogP contribution in [-0.4, -0.2) is 19.5 Å². The zero-order valence-corrected chi connectivity index (χ0v) is 7.74. The van der Waals surface area contributed by atoms with Crippen molar-refractivity contribution in [1.29, 1.82) is 0 Å². The van der Waals surface area contributed by atoms with Crippen LogP contribution < -0.4 is 5.73 Å². The summed E-state index contributed by atoms with van der Waals surface area (Å²) in [5.74, 6) is 0. The first-order chi connectivity index (χ1) is 6.05. The lowest BCUT2D eigenvalue weighted by atomic mass is 10.1. The Bertz CT molecular complexity index is 360. The Balaban J connectivity index is 3.06. The Labute approximate surface area is 77.1 Å². The molecule has 0 saturated heterocycles. The molecule has 0 spiro atoms. The van der Waals surface area contributed by atoms with E-state index in [1.54, 1.807) is 30.3 Å². The molecule has 1 aromatic rings. The molecular weight excluding hydrogens is 190 g/mol. The van der Waals surface area contributed by atoms with Crippen molar-refractivity contribution in [1.82, 2.24) is 0 Å². The summed E-state index contributed by atoms with van der Waals surface area (Å²) in [6.07, 6.45) is 0. The van der Waals surface area contributed by atoms with Crippen LogP contribution in [0.3, 0.4) is 0 Å². The third kappa shape index (κ3) is 2.51. The van der Waals surface area contributed by atoms with E-state index in [1.807, 2.05) is 0 Å². The van der Waals surface area contributed by atoms with E-state index in [1.165, 1.54) is 0 Å². The van der Waals surface area contributed by atoms with Crippen molar-refractivity contribution in [2.24, 2.45) is 5.73 Å². The first kappa shape index (κ1) is 10.2. The molecule has 0 aliphatic carbocycles. The molecular formula is C8H11NO3S.